The van der Waals surface area contributed by atoms with Crippen molar-refractivity contribution in [2.45, 2.75) is 19.4 Å². The zero-order valence-corrected chi connectivity index (χ0v) is 13.1. The van der Waals surface area contributed by atoms with Crippen LogP contribution in [-0.4, -0.2) is 42.5 Å². The lowest BCUT2D eigenvalue weighted by molar-refractivity contribution is -0.145. The van der Waals surface area contributed by atoms with Crippen molar-refractivity contribution >= 4 is 46.3 Å². The van der Waals surface area contributed by atoms with E-state index in [4.69, 9.17) is 17.3 Å². The molecule has 1 saturated heterocycles. The minimum absolute atomic E-state index is 0.188. The van der Waals surface area contributed by atoms with Gasteiger partial charge in [-0.25, -0.2) is 4.79 Å². The number of phenolic OH excluding ortho intramolecular Hbond substituents is 2. The van der Waals surface area contributed by atoms with Crippen molar-refractivity contribution in [3.8, 4) is 11.5 Å². The molecule has 0 aliphatic carbocycles. The smallest absolute Gasteiger partial charge is 0.326 e. The number of carbonyl (C=O) groups excluding carboxylic acids is 1. The van der Waals surface area contributed by atoms with E-state index in [9.17, 15) is 19.8 Å². The number of carboxylic acid groups (broad SMARTS) is 1. The van der Waals surface area contributed by atoms with Crippen LogP contribution < -0.4 is 0 Å². The number of benzene rings is 1. The van der Waals surface area contributed by atoms with E-state index >= 15 is 0 Å². The molecule has 0 aromatic heterocycles. The number of aliphatic carboxylic acids is 1. The van der Waals surface area contributed by atoms with Crippen LogP contribution in [-0.2, 0) is 9.59 Å². The molecule has 1 aliphatic heterocycles. The van der Waals surface area contributed by atoms with E-state index in [0.29, 0.717) is 5.56 Å². The second-order valence-electron chi connectivity index (χ2n) is 4.56. The monoisotopic (exact) mass is 339 g/mol. The highest BCUT2D eigenvalue weighted by Gasteiger charge is 2.39. The number of thiocarbonyl (C=S) groups is 1. The fourth-order valence-corrected chi connectivity index (χ4v) is 3.35. The largest absolute Gasteiger partial charge is 0.504 e. The summed E-state index contributed by atoms with van der Waals surface area (Å²) in [6, 6.07) is 3.13. The van der Waals surface area contributed by atoms with Gasteiger partial charge in [-0.1, -0.05) is 37.0 Å². The van der Waals surface area contributed by atoms with Gasteiger partial charge in [-0.05, 0) is 30.2 Å². The molecule has 1 unspecified atom stereocenters. The SMILES string of the molecule is CCC(C(=O)O)N1C(=O)C(=Cc2ccc(O)c(O)c2)SC1=S. The van der Waals surface area contributed by atoms with Crippen LogP contribution in [0.3, 0.4) is 0 Å². The van der Waals surface area contributed by atoms with Gasteiger partial charge < -0.3 is 15.3 Å². The number of nitrogens with zero attached hydrogens (tertiary/aromatic N) is 1. The van der Waals surface area contributed by atoms with E-state index in [1.54, 1.807) is 6.92 Å². The Morgan fingerprint density at radius 1 is 1.41 bits per heavy atom. The molecule has 116 valence electrons. The third-order valence-corrected chi connectivity index (χ3v) is 4.43. The van der Waals surface area contributed by atoms with Crippen molar-refractivity contribution in [2.24, 2.45) is 0 Å². The summed E-state index contributed by atoms with van der Waals surface area (Å²) in [6.07, 6.45) is 1.74. The lowest BCUT2D eigenvalue weighted by atomic mass is 10.1. The number of rotatable bonds is 4. The summed E-state index contributed by atoms with van der Waals surface area (Å²) in [7, 11) is 0. The number of amides is 1. The first-order chi connectivity index (χ1) is 10.3. The first-order valence-electron chi connectivity index (χ1n) is 6.37. The molecule has 1 heterocycles. The van der Waals surface area contributed by atoms with Crippen molar-refractivity contribution in [3.63, 3.8) is 0 Å². The second kappa shape index (κ2) is 6.37. The van der Waals surface area contributed by atoms with Gasteiger partial charge >= 0.3 is 5.97 Å². The highest BCUT2D eigenvalue weighted by molar-refractivity contribution is 8.26. The van der Waals surface area contributed by atoms with Crippen LogP contribution in [0.1, 0.15) is 18.9 Å². The summed E-state index contributed by atoms with van der Waals surface area (Å²) in [4.78, 5) is 24.9. The Kier molecular flexibility index (Phi) is 4.72. The van der Waals surface area contributed by atoms with Gasteiger partial charge in [0, 0.05) is 0 Å². The lowest BCUT2D eigenvalue weighted by Crippen LogP contribution is -2.43. The molecule has 0 radical (unpaired) electrons. The Labute approximate surface area is 136 Å². The van der Waals surface area contributed by atoms with Gasteiger partial charge in [0.2, 0.25) is 0 Å². The van der Waals surface area contributed by atoms with E-state index in [2.05, 4.69) is 0 Å². The van der Waals surface area contributed by atoms with Crippen LogP contribution in [0.2, 0.25) is 0 Å². The lowest BCUT2D eigenvalue weighted by Gasteiger charge is -2.21. The average Bonchev–Trinajstić information content (AvgIpc) is 2.71. The third kappa shape index (κ3) is 3.07. The number of hydrogen-bond acceptors (Lipinski definition) is 6. The van der Waals surface area contributed by atoms with E-state index in [1.165, 1.54) is 24.3 Å². The average molecular weight is 339 g/mol. The number of phenols is 2. The minimum atomic E-state index is -1.11. The Balaban J connectivity index is 2.33. The molecule has 3 N–H and O–H groups in total. The molecular formula is C14H13NO5S2. The molecule has 22 heavy (non-hydrogen) atoms. The van der Waals surface area contributed by atoms with Crippen molar-refractivity contribution < 1.29 is 24.9 Å². The van der Waals surface area contributed by atoms with Gasteiger partial charge in [-0.15, -0.1) is 0 Å². The Morgan fingerprint density at radius 3 is 2.64 bits per heavy atom. The fourth-order valence-electron chi connectivity index (χ4n) is 2.00. The van der Waals surface area contributed by atoms with Crippen LogP contribution >= 0.6 is 24.0 Å². The number of hydrogen-bond donors (Lipinski definition) is 3. The van der Waals surface area contributed by atoms with E-state index in [0.717, 1.165) is 16.7 Å². The second-order valence-corrected chi connectivity index (χ2v) is 6.24. The Morgan fingerprint density at radius 2 is 2.09 bits per heavy atom. The predicted octanol–water partition coefficient (Wildman–Crippen LogP) is 2.16. The molecule has 1 aliphatic rings. The standard InChI is InChI=1S/C14H13NO5S2/c1-2-8(13(19)20)15-12(18)11(22-14(15)21)6-7-3-4-9(16)10(17)5-7/h3-6,8,16-17H,2H2,1H3,(H,19,20). The normalized spacial score (nSPS) is 18.0. The van der Waals surface area contributed by atoms with Crippen LogP contribution in [0.5, 0.6) is 11.5 Å². The van der Waals surface area contributed by atoms with Crippen molar-refractivity contribution in [3.05, 3.63) is 28.7 Å². The van der Waals surface area contributed by atoms with Gasteiger partial charge in [0.25, 0.3) is 5.91 Å². The van der Waals surface area contributed by atoms with Gasteiger partial charge in [0.15, 0.2) is 11.5 Å². The molecule has 2 rings (SSSR count). The number of thioether (sulfide) groups is 1. The maximum atomic E-state index is 12.4. The first kappa shape index (κ1) is 16.3. The summed E-state index contributed by atoms with van der Waals surface area (Å²) >= 11 is 6.10. The molecule has 1 aromatic rings. The number of carbonyl (C=O) groups is 2. The molecule has 1 aromatic carbocycles. The number of carboxylic acids is 1. The Hall–Kier alpha value is -2.06. The maximum Gasteiger partial charge on any atom is 0.326 e. The van der Waals surface area contributed by atoms with Gasteiger partial charge in [0.05, 0.1) is 4.91 Å². The van der Waals surface area contributed by atoms with Crippen LogP contribution in [0.15, 0.2) is 23.1 Å². The minimum Gasteiger partial charge on any atom is -0.504 e. The van der Waals surface area contributed by atoms with Gasteiger partial charge in [0.1, 0.15) is 10.4 Å². The maximum absolute atomic E-state index is 12.4. The molecule has 1 amide bonds. The van der Waals surface area contributed by atoms with Crippen molar-refractivity contribution in [1.82, 2.24) is 4.90 Å². The van der Waals surface area contributed by atoms with Crippen LogP contribution in [0.4, 0.5) is 0 Å². The van der Waals surface area contributed by atoms with Gasteiger partial charge in [-0.2, -0.15) is 0 Å². The molecule has 0 spiro atoms. The van der Waals surface area contributed by atoms with Crippen molar-refractivity contribution in [1.29, 1.82) is 0 Å². The number of aromatic hydroxyl groups is 2. The molecule has 1 atom stereocenters. The molecule has 8 heteroatoms. The zero-order valence-electron chi connectivity index (χ0n) is 11.5. The molecule has 0 bridgehead atoms. The van der Waals surface area contributed by atoms with E-state index < -0.39 is 17.9 Å². The highest BCUT2D eigenvalue weighted by atomic mass is 32.2. The molecule has 1 fully saturated rings. The van der Waals surface area contributed by atoms with Crippen molar-refractivity contribution in [2.75, 3.05) is 0 Å². The summed E-state index contributed by atoms with van der Waals surface area (Å²) in [5.41, 5.74) is 0.499. The Bertz CT molecular complexity index is 686. The highest BCUT2D eigenvalue weighted by Crippen LogP contribution is 2.35. The van der Waals surface area contributed by atoms with E-state index in [1.807, 2.05) is 0 Å². The summed E-state index contributed by atoms with van der Waals surface area (Å²) < 4.78 is 0.188. The quantitative estimate of drug-likeness (QED) is 0.439. The van der Waals surface area contributed by atoms with Crippen LogP contribution in [0.25, 0.3) is 6.08 Å². The summed E-state index contributed by atoms with van der Waals surface area (Å²) in [6.45, 7) is 1.67. The molecular weight excluding hydrogens is 326 g/mol. The van der Waals surface area contributed by atoms with Crippen LogP contribution in [0, 0.1) is 0 Å². The first-order valence-corrected chi connectivity index (χ1v) is 7.59. The summed E-state index contributed by atoms with van der Waals surface area (Å²) in [5, 5.41) is 27.9. The van der Waals surface area contributed by atoms with Gasteiger partial charge in [-0.3, -0.25) is 9.69 Å². The van der Waals surface area contributed by atoms with E-state index in [-0.39, 0.29) is 27.1 Å². The zero-order chi connectivity index (χ0) is 16.4. The third-order valence-electron chi connectivity index (χ3n) is 3.10. The molecule has 6 nitrogen and oxygen atoms in total. The molecule has 0 saturated carbocycles. The fraction of sp³-hybridized carbons (Fsp3) is 0.214. The summed E-state index contributed by atoms with van der Waals surface area (Å²) in [5.74, 6) is -2.15. The predicted molar refractivity (Wildman–Crippen MR) is 86.5 cm³/mol. The topological polar surface area (TPSA) is 98.1 Å².